The second-order valence-electron chi connectivity index (χ2n) is 4.88. The average molecular weight is 303 g/mol. The van der Waals surface area contributed by atoms with Gasteiger partial charge in [-0.1, -0.05) is 23.2 Å². The molecule has 0 radical (unpaired) electrons. The molecule has 0 aliphatic rings. The number of methoxy groups -OCH3 is 1. The van der Waals surface area contributed by atoms with Crippen LogP contribution in [0.3, 0.4) is 0 Å². The van der Waals surface area contributed by atoms with Crippen LogP contribution in [0.5, 0.6) is 5.75 Å². The monoisotopic (exact) mass is 302 g/mol. The summed E-state index contributed by atoms with van der Waals surface area (Å²) >= 11 is 12.0. The molecule has 0 saturated heterocycles. The van der Waals surface area contributed by atoms with Crippen molar-refractivity contribution in [1.82, 2.24) is 0 Å². The molecule has 0 unspecified atom stereocenters. The zero-order valence-corrected chi connectivity index (χ0v) is 12.8. The van der Waals surface area contributed by atoms with Crippen molar-refractivity contribution in [2.24, 2.45) is 0 Å². The first-order valence-electron chi connectivity index (χ1n) is 5.67. The smallest absolute Gasteiger partial charge is 0.331 e. The van der Waals surface area contributed by atoms with Crippen molar-refractivity contribution in [2.45, 2.75) is 26.4 Å². The van der Waals surface area contributed by atoms with Crippen LogP contribution in [-0.4, -0.2) is 18.7 Å². The van der Waals surface area contributed by atoms with E-state index in [0.717, 1.165) is 0 Å². The van der Waals surface area contributed by atoms with Gasteiger partial charge in [0.15, 0.2) is 0 Å². The van der Waals surface area contributed by atoms with Gasteiger partial charge in [-0.3, -0.25) is 0 Å². The van der Waals surface area contributed by atoms with Crippen molar-refractivity contribution in [3.8, 4) is 5.75 Å². The molecule has 0 aromatic heterocycles. The van der Waals surface area contributed by atoms with Gasteiger partial charge >= 0.3 is 5.97 Å². The molecule has 0 saturated carbocycles. The summed E-state index contributed by atoms with van der Waals surface area (Å²) in [6, 6.07) is 3.22. The lowest BCUT2D eigenvalue weighted by Crippen LogP contribution is -2.22. The Balaban J connectivity index is 2.88. The SMILES string of the molecule is COc1cc(Cl)c(C=CC(=O)OC(C)(C)C)cc1Cl. The third kappa shape index (κ3) is 5.13. The Morgan fingerprint density at radius 2 is 1.84 bits per heavy atom. The molecule has 0 N–H and O–H groups in total. The minimum atomic E-state index is -0.525. The molecule has 3 nitrogen and oxygen atoms in total. The molecule has 1 aromatic carbocycles. The van der Waals surface area contributed by atoms with Gasteiger partial charge in [-0.2, -0.15) is 0 Å². The Bertz CT molecular complexity index is 502. The van der Waals surface area contributed by atoms with E-state index in [2.05, 4.69) is 0 Å². The first-order chi connectivity index (χ1) is 8.73. The molecular formula is C14H16Cl2O3. The maximum atomic E-state index is 11.5. The zero-order chi connectivity index (χ0) is 14.6. The number of esters is 1. The number of carbonyl (C=O) groups excluding carboxylic acids is 1. The molecule has 19 heavy (non-hydrogen) atoms. The molecule has 0 aliphatic heterocycles. The summed E-state index contributed by atoms with van der Waals surface area (Å²) in [5.41, 5.74) is 0.0984. The van der Waals surface area contributed by atoms with E-state index in [9.17, 15) is 4.79 Å². The predicted molar refractivity (Wildman–Crippen MR) is 77.9 cm³/mol. The van der Waals surface area contributed by atoms with Crippen LogP contribution in [0.2, 0.25) is 10.0 Å². The van der Waals surface area contributed by atoms with E-state index in [4.69, 9.17) is 32.7 Å². The van der Waals surface area contributed by atoms with E-state index in [1.165, 1.54) is 13.2 Å². The minimum absolute atomic E-state index is 0.427. The lowest BCUT2D eigenvalue weighted by atomic mass is 10.2. The van der Waals surface area contributed by atoms with Crippen molar-refractivity contribution >= 4 is 35.2 Å². The quantitative estimate of drug-likeness (QED) is 0.615. The minimum Gasteiger partial charge on any atom is -0.495 e. The average Bonchev–Trinajstić information content (AvgIpc) is 2.27. The van der Waals surface area contributed by atoms with Gasteiger partial charge < -0.3 is 9.47 Å². The summed E-state index contributed by atoms with van der Waals surface area (Å²) in [5.74, 6) is 0.0524. The fourth-order valence-electron chi connectivity index (χ4n) is 1.32. The summed E-state index contributed by atoms with van der Waals surface area (Å²) in [6.45, 7) is 5.40. The van der Waals surface area contributed by atoms with Gasteiger partial charge in [-0.15, -0.1) is 0 Å². The third-order valence-electron chi connectivity index (χ3n) is 2.08. The molecule has 5 heteroatoms. The fourth-order valence-corrected chi connectivity index (χ4v) is 1.79. The summed E-state index contributed by atoms with van der Waals surface area (Å²) < 4.78 is 10.2. The normalized spacial score (nSPS) is 11.7. The molecule has 0 heterocycles. The molecule has 0 bridgehead atoms. The van der Waals surface area contributed by atoms with Gasteiger partial charge in [0.2, 0.25) is 0 Å². The van der Waals surface area contributed by atoms with Crippen LogP contribution < -0.4 is 4.74 Å². The van der Waals surface area contributed by atoms with Crippen molar-refractivity contribution in [3.63, 3.8) is 0 Å². The van der Waals surface area contributed by atoms with Crippen LogP contribution in [0.1, 0.15) is 26.3 Å². The number of carbonyl (C=O) groups is 1. The second kappa shape index (κ2) is 6.31. The number of halogens is 2. The molecule has 0 spiro atoms. The summed E-state index contributed by atoms with van der Waals surface area (Å²) in [7, 11) is 1.51. The number of hydrogen-bond donors (Lipinski definition) is 0. The Kier molecular flexibility index (Phi) is 5.27. The number of hydrogen-bond acceptors (Lipinski definition) is 3. The largest absolute Gasteiger partial charge is 0.495 e. The number of benzene rings is 1. The Hall–Kier alpha value is -1.19. The zero-order valence-electron chi connectivity index (χ0n) is 11.3. The van der Waals surface area contributed by atoms with Gasteiger partial charge in [0.25, 0.3) is 0 Å². The van der Waals surface area contributed by atoms with E-state index in [1.54, 1.807) is 39.0 Å². The predicted octanol–water partition coefficient (Wildman–Crippen LogP) is 4.36. The van der Waals surface area contributed by atoms with E-state index in [1.807, 2.05) is 0 Å². The van der Waals surface area contributed by atoms with Gasteiger partial charge in [0.05, 0.1) is 17.2 Å². The topological polar surface area (TPSA) is 35.5 Å². The summed E-state index contributed by atoms with van der Waals surface area (Å²) in [6.07, 6.45) is 2.87. The number of ether oxygens (including phenoxy) is 2. The molecule has 0 amide bonds. The molecule has 0 atom stereocenters. The van der Waals surface area contributed by atoms with Crippen molar-refractivity contribution in [2.75, 3.05) is 7.11 Å². The van der Waals surface area contributed by atoms with Gasteiger partial charge in [0, 0.05) is 12.1 Å². The maximum absolute atomic E-state index is 11.5. The van der Waals surface area contributed by atoms with E-state index in [0.29, 0.717) is 21.4 Å². The second-order valence-corrected chi connectivity index (χ2v) is 5.69. The highest BCUT2D eigenvalue weighted by Gasteiger charge is 2.14. The van der Waals surface area contributed by atoms with Crippen molar-refractivity contribution < 1.29 is 14.3 Å². The van der Waals surface area contributed by atoms with Crippen molar-refractivity contribution in [1.29, 1.82) is 0 Å². The molecular weight excluding hydrogens is 287 g/mol. The maximum Gasteiger partial charge on any atom is 0.331 e. The third-order valence-corrected chi connectivity index (χ3v) is 2.70. The first-order valence-corrected chi connectivity index (χ1v) is 6.42. The molecule has 1 aromatic rings. The molecule has 0 aliphatic carbocycles. The molecule has 1 rings (SSSR count). The highest BCUT2D eigenvalue weighted by atomic mass is 35.5. The molecule has 0 fully saturated rings. The van der Waals surface area contributed by atoms with Gasteiger partial charge in [-0.25, -0.2) is 4.79 Å². The standard InChI is InChI=1S/C14H16Cl2O3/c1-14(2,3)19-13(17)6-5-9-7-11(16)12(18-4)8-10(9)15/h5-8H,1-4H3. The summed E-state index contributed by atoms with van der Waals surface area (Å²) in [4.78, 5) is 11.5. The van der Waals surface area contributed by atoms with Crippen LogP contribution in [0.15, 0.2) is 18.2 Å². The van der Waals surface area contributed by atoms with Crippen molar-refractivity contribution in [3.05, 3.63) is 33.8 Å². The Labute approximate surface area is 123 Å². The fraction of sp³-hybridized carbons (Fsp3) is 0.357. The van der Waals surface area contributed by atoms with E-state index in [-0.39, 0.29) is 0 Å². The summed E-state index contributed by atoms with van der Waals surface area (Å²) in [5, 5.41) is 0.872. The van der Waals surface area contributed by atoms with Crippen LogP contribution >= 0.6 is 23.2 Å². The van der Waals surface area contributed by atoms with Gasteiger partial charge in [0.1, 0.15) is 11.4 Å². The Morgan fingerprint density at radius 3 is 2.37 bits per heavy atom. The van der Waals surface area contributed by atoms with Gasteiger partial charge in [-0.05, 0) is 38.5 Å². The highest BCUT2D eigenvalue weighted by molar-refractivity contribution is 6.35. The first kappa shape index (κ1) is 15.9. The number of rotatable bonds is 3. The molecule has 104 valence electrons. The van der Waals surface area contributed by atoms with Crippen LogP contribution in [0.25, 0.3) is 6.08 Å². The van der Waals surface area contributed by atoms with Crippen LogP contribution in [-0.2, 0) is 9.53 Å². The van der Waals surface area contributed by atoms with Crippen LogP contribution in [0.4, 0.5) is 0 Å². The van der Waals surface area contributed by atoms with E-state index < -0.39 is 11.6 Å². The van der Waals surface area contributed by atoms with E-state index >= 15 is 0 Å². The van der Waals surface area contributed by atoms with Crippen LogP contribution in [0, 0.1) is 0 Å². The highest BCUT2D eigenvalue weighted by Crippen LogP contribution is 2.31. The lowest BCUT2D eigenvalue weighted by Gasteiger charge is -2.17. The lowest BCUT2D eigenvalue weighted by molar-refractivity contribution is -0.148. The Morgan fingerprint density at radius 1 is 1.21 bits per heavy atom.